The standard InChI is InChI=1S/C9H17N5O2/c1-9(2,3)16-8(15)12-14-5-4-7(6-14)11-13-10/h7H,4-6H2,1-3H3,(H,12,15)/t7-/m0/s1. The summed E-state index contributed by atoms with van der Waals surface area (Å²) in [5, 5.41) is 5.30. The fourth-order valence-electron chi connectivity index (χ4n) is 1.44. The monoisotopic (exact) mass is 227 g/mol. The Morgan fingerprint density at radius 1 is 1.62 bits per heavy atom. The third-order valence-electron chi connectivity index (χ3n) is 2.03. The SMILES string of the molecule is CC(C)(C)OC(=O)NN1CC[C@H](N=[N+]=[N-])C1. The molecule has 7 nitrogen and oxygen atoms in total. The summed E-state index contributed by atoms with van der Waals surface area (Å²) in [6, 6.07) is -0.0695. The van der Waals surface area contributed by atoms with Crippen LogP contribution in [0.25, 0.3) is 10.4 Å². The Balaban J connectivity index is 2.34. The van der Waals surface area contributed by atoms with Crippen LogP contribution in [-0.4, -0.2) is 35.8 Å². The number of ether oxygens (including phenoxy) is 1. The highest BCUT2D eigenvalue weighted by Gasteiger charge is 2.24. The van der Waals surface area contributed by atoms with Crippen molar-refractivity contribution in [2.45, 2.75) is 38.8 Å². The number of nitrogens with zero attached hydrogens (tertiary/aromatic N) is 4. The van der Waals surface area contributed by atoms with Gasteiger partial charge >= 0.3 is 6.09 Å². The van der Waals surface area contributed by atoms with Gasteiger partial charge in [-0.15, -0.1) is 0 Å². The van der Waals surface area contributed by atoms with E-state index in [0.29, 0.717) is 13.1 Å². The molecule has 90 valence electrons. The van der Waals surface area contributed by atoms with Crippen molar-refractivity contribution in [1.29, 1.82) is 0 Å². The van der Waals surface area contributed by atoms with Crippen molar-refractivity contribution in [1.82, 2.24) is 10.4 Å². The van der Waals surface area contributed by atoms with Crippen molar-refractivity contribution in [3.05, 3.63) is 10.4 Å². The summed E-state index contributed by atoms with van der Waals surface area (Å²) in [6.07, 6.45) is 0.272. The summed E-state index contributed by atoms with van der Waals surface area (Å²) >= 11 is 0. The van der Waals surface area contributed by atoms with E-state index in [4.69, 9.17) is 10.3 Å². The second-order valence-corrected chi connectivity index (χ2v) is 4.71. The van der Waals surface area contributed by atoms with E-state index in [1.807, 2.05) is 0 Å². The fourth-order valence-corrected chi connectivity index (χ4v) is 1.44. The first-order chi connectivity index (χ1) is 7.40. The van der Waals surface area contributed by atoms with Crippen LogP contribution in [0, 0.1) is 0 Å². The van der Waals surface area contributed by atoms with E-state index in [0.717, 1.165) is 6.42 Å². The molecule has 1 aliphatic heterocycles. The number of hydrogen-bond acceptors (Lipinski definition) is 4. The number of azide groups is 1. The Morgan fingerprint density at radius 3 is 2.88 bits per heavy atom. The van der Waals surface area contributed by atoms with E-state index in [-0.39, 0.29) is 6.04 Å². The second-order valence-electron chi connectivity index (χ2n) is 4.71. The fraction of sp³-hybridized carbons (Fsp3) is 0.889. The van der Waals surface area contributed by atoms with Gasteiger partial charge in [-0.05, 0) is 32.7 Å². The van der Waals surface area contributed by atoms with E-state index in [1.165, 1.54) is 0 Å². The summed E-state index contributed by atoms with van der Waals surface area (Å²) in [5.41, 5.74) is 10.4. The zero-order valence-electron chi connectivity index (χ0n) is 9.80. The van der Waals surface area contributed by atoms with Gasteiger partial charge in [-0.25, -0.2) is 9.80 Å². The molecule has 0 aliphatic carbocycles. The van der Waals surface area contributed by atoms with E-state index in [1.54, 1.807) is 25.8 Å². The number of carbonyl (C=O) groups is 1. The number of amides is 1. The van der Waals surface area contributed by atoms with Gasteiger partial charge in [-0.2, -0.15) is 0 Å². The molecule has 1 atom stereocenters. The molecule has 1 heterocycles. The largest absolute Gasteiger partial charge is 0.443 e. The van der Waals surface area contributed by atoms with Crippen LogP contribution in [0.1, 0.15) is 27.2 Å². The lowest BCUT2D eigenvalue weighted by Crippen LogP contribution is -2.43. The molecule has 1 aliphatic rings. The predicted molar refractivity (Wildman–Crippen MR) is 58.5 cm³/mol. The summed E-state index contributed by atoms with van der Waals surface area (Å²) in [7, 11) is 0. The molecule has 0 aromatic carbocycles. The van der Waals surface area contributed by atoms with Gasteiger partial charge in [0.1, 0.15) is 5.60 Å². The highest BCUT2D eigenvalue weighted by atomic mass is 16.6. The summed E-state index contributed by atoms with van der Waals surface area (Å²) in [5.74, 6) is 0. The molecule has 1 saturated heterocycles. The summed E-state index contributed by atoms with van der Waals surface area (Å²) in [4.78, 5) is 14.1. The van der Waals surface area contributed by atoms with Gasteiger partial charge in [0.05, 0.1) is 6.04 Å². The Kier molecular flexibility index (Phi) is 3.98. The Morgan fingerprint density at radius 2 is 2.31 bits per heavy atom. The van der Waals surface area contributed by atoms with E-state index in [9.17, 15) is 4.79 Å². The molecule has 0 spiro atoms. The third kappa shape index (κ3) is 4.37. The van der Waals surface area contributed by atoms with Crippen LogP contribution in [0.2, 0.25) is 0 Å². The zero-order valence-corrected chi connectivity index (χ0v) is 9.80. The number of carbonyl (C=O) groups excluding carboxylic acids is 1. The Bertz CT molecular complexity index is 306. The molecule has 0 aromatic rings. The van der Waals surface area contributed by atoms with Crippen LogP contribution in [0.3, 0.4) is 0 Å². The third-order valence-corrected chi connectivity index (χ3v) is 2.03. The van der Waals surface area contributed by atoms with E-state index >= 15 is 0 Å². The maximum absolute atomic E-state index is 11.4. The normalized spacial score (nSPS) is 21.3. The average molecular weight is 227 g/mol. The molecule has 7 heteroatoms. The van der Waals surface area contributed by atoms with Gasteiger partial charge in [0.15, 0.2) is 0 Å². The number of hydrazine groups is 1. The van der Waals surface area contributed by atoms with Gasteiger partial charge in [0.25, 0.3) is 0 Å². The first-order valence-electron chi connectivity index (χ1n) is 5.19. The topological polar surface area (TPSA) is 90.3 Å². The molecular weight excluding hydrogens is 210 g/mol. The van der Waals surface area contributed by atoms with Crippen LogP contribution in [-0.2, 0) is 4.74 Å². The van der Waals surface area contributed by atoms with Crippen molar-refractivity contribution in [2.75, 3.05) is 13.1 Å². The lowest BCUT2D eigenvalue weighted by molar-refractivity contribution is 0.0364. The van der Waals surface area contributed by atoms with Crippen molar-refractivity contribution in [2.24, 2.45) is 5.11 Å². The summed E-state index contributed by atoms with van der Waals surface area (Å²) in [6.45, 7) is 6.62. The molecule has 1 amide bonds. The molecule has 0 radical (unpaired) electrons. The molecular formula is C9H17N5O2. The van der Waals surface area contributed by atoms with Crippen LogP contribution in [0.4, 0.5) is 4.79 Å². The van der Waals surface area contributed by atoms with E-state index in [2.05, 4.69) is 15.5 Å². The number of nitrogens with one attached hydrogen (secondary N) is 1. The lowest BCUT2D eigenvalue weighted by atomic mass is 10.2. The minimum Gasteiger partial charge on any atom is -0.443 e. The minimum atomic E-state index is -0.506. The van der Waals surface area contributed by atoms with Crippen molar-refractivity contribution < 1.29 is 9.53 Å². The first-order valence-corrected chi connectivity index (χ1v) is 5.19. The Labute approximate surface area is 94.3 Å². The van der Waals surface area contributed by atoms with Gasteiger partial charge < -0.3 is 4.74 Å². The molecule has 1 rings (SSSR count). The minimum absolute atomic E-state index is 0.0695. The highest BCUT2D eigenvalue weighted by Crippen LogP contribution is 2.11. The van der Waals surface area contributed by atoms with Crippen molar-refractivity contribution in [3.8, 4) is 0 Å². The molecule has 1 fully saturated rings. The molecule has 0 aromatic heterocycles. The molecule has 16 heavy (non-hydrogen) atoms. The maximum Gasteiger partial charge on any atom is 0.422 e. The van der Waals surface area contributed by atoms with Crippen molar-refractivity contribution >= 4 is 6.09 Å². The Hall–Kier alpha value is -1.46. The second kappa shape index (κ2) is 5.05. The van der Waals surface area contributed by atoms with Crippen LogP contribution >= 0.6 is 0 Å². The quantitative estimate of drug-likeness (QED) is 0.443. The lowest BCUT2D eigenvalue weighted by Gasteiger charge is -2.23. The highest BCUT2D eigenvalue weighted by molar-refractivity contribution is 5.67. The smallest absolute Gasteiger partial charge is 0.422 e. The predicted octanol–water partition coefficient (Wildman–Crippen LogP) is 1.81. The maximum atomic E-state index is 11.4. The van der Waals surface area contributed by atoms with Crippen LogP contribution < -0.4 is 5.43 Å². The van der Waals surface area contributed by atoms with Gasteiger partial charge in [0, 0.05) is 18.0 Å². The van der Waals surface area contributed by atoms with Crippen LogP contribution in [0.5, 0.6) is 0 Å². The van der Waals surface area contributed by atoms with Crippen LogP contribution in [0.15, 0.2) is 5.11 Å². The number of rotatable bonds is 2. The van der Waals surface area contributed by atoms with Gasteiger partial charge in [-0.3, -0.25) is 5.43 Å². The zero-order chi connectivity index (χ0) is 12.2. The molecule has 1 N–H and O–H groups in total. The molecule has 0 unspecified atom stereocenters. The first kappa shape index (κ1) is 12.6. The van der Waals surface area contributed by atoms with E-state index < -0.39 is 11.7 Å². The molecule has 0 saturated carbocycles. The molecule has 0 bridgehead atoms. The van der Waals surface area contributed by atoms with Gasteiger partial charge in [-0.1, -0.05) is 5.11 Å². The number of hydrogen-bond donors (Lipinski definition) is 1. The average Bonchev–Trinajstić information content (AvgIpc) is 2.49. The van der Waals surface area contributed by atoms with Gasteiger partial charge in [0.2, 0.25) is 0 Å². The van der Waals surface area contributed by atoms with Crippen molar-refractivity contribution in [3.63, 3.8) is 0 Å². The summed E-state index contributed by atoms with van der Waals surface area (Å²) < 4.78 is 5.10.